The minimum atomic E-state index is -0.178. The van der Waals surface area contributed by atoms with Crippen LogP contribution in [0.4, 0.5) is 0 Å². The predicted octanol–water partition coefficient (Wildman–Crippen LogP) is 2.55. The van der Waals surface area contributed by atoms with E-state index >= 15 is 0 Å². The zero-order valence-electron chi connectivity index (χ0n) is 14.1. The average molecular weight is 364 g/mol. The molecule has 4 rings (SSSR count). The van der Waals surface area contributed by atoms with Crippen LogP contribution in [0.15, 0.2) is 53.6 Å². The van der Waals surface area contributed by atoms with E-state index in [1.54, 1.807) is 12.4 Å². The van der Waals surface area contributed by atoms with Crippen molar-refractivity contribution in [2.45, 2.75) is 13.3 Å². The van der Waals surface area contributed by atoms with Crippen molar-refractivity contribution >= 4 is 22.4 Å². The number of thiazole rings is 1. The third-order valence-corrected chi connectivity index (χ3v) is 4.75. The standard InChI is InChI=1S/C19H16N4O2S/c1-2-11-25-15-6-4-3-5-14(15)12-16-18(24)23-19(26-16)21-17(22-23)13-7-9-20-10-8-13/h3-10,12H,2,11H2,1H3/b16-12-. The molecule has 0 aliphatic heterocycles. The first kappa shape index (κ1) is 16.4. The molecule has 3 heterocycles. The molecule has 0 fully saturated rings. The largest absolute Gasteiger partial charge is 0.493 e. The first-order valence-corrected chi connectivity index (χ1v) is 9.11. The number of para-hydroxylation sites is 1. The van der Waals surface area contributed by atoms with Gasteiger partial charge in [0, 0.05) is 23.5 Å². The Morgan fingerprint density at radius 1 is 1.19 bits per heavy atom. The summed E-state index contributed by atoms with van der Waals surface area (Å²) in [6, 6.07) is 11.3. The van der Waals surface area contributed by atoms with Crippen molar-refractivity contribution in [1.29, 1.82) is 0 Å². The average Bonchev–Trinajstić information content (AvgIpc) is 3.22. The summed E-state index contributed by atoms with van der Waals surface area (Å²) >= 11 is 1.32. The molecular formula is C19H16N4O2S. The van der Waals surface area contributed by atoms with Crippen LogP contribution in [-0.2, 0) is 0 Å². The van der Waals surface area contributed by atoms with Crippen molar-refractivity contribution in [1.82, 2.24) is 19.6 Å². The highest BCUT2D eigenvalue weighted by molar-refractivity contribution is 7.15. The molecule has 6 nitrogen and oxygen atoms in total. The van der Waals surface area contributed by atoms with Gasteiger partial charge in [-0.2, -0.15) is 9.50 Å². The van der Waals surface area contributed by atoms with Gasteiger partial charge in [-0.05, 0) is 30.7 Å². The highest BCUT2D eigenvalue weighted by atomic mass is 32.1. The highest BCUT2D eigenvalue weighted by Crippen LogP contribution is 2.19. The van der Waals surface area contributed by atoms with Crippen LogP contribution in [0.5, 0.6) is 5.75 Å². The van der Waals surface area contributed by atoms with Gasteiger partial charge in [0.05, 0.1) is 11.1 Å². The molecule has 0 saturated heterocycles. The van der Waals surface area contributed by atoms with Gasteiger partial charge in [-0.15, -0.1) is 5.10 Å². The van der Waals surface area contributed by atoms with E-state index < -0.39 is 0 Å². The molecule has 0 aliphatic carbocycles. The van der Waals surface area contributed by atoms with E-state index in [1.165, 1.54) is 15.9 Å². The van der Waals surface area contributed by atoms with Crippen molar-refractivity contribution in [2.75, 3.05) is 6.61 Å². The zero-order valence-corrected chi connectivity index (χ0v) is 14.9. The van der Waals surface area contributed by atoms with E-state index in [4.69, 9.17) is 4.74 Å². The fourth-order valence-corrected chi connectivity index (χ4v) is 3.44. The predicted molar refractivity (Wildman–Crippen MR) is 101 cm³/mol. The van der Waals surface area contributed by atoms with Crippen LogP contribution >= 0.6 is 11.3 Å². The molecule has 1 aromatic carbocycles. The van der Waals surface area contributed by atoms with E-state index in [2.05, 4.69) is 22.0 Å². The second kappa shape index (κ2) is 7.05. The summed E-state index contributed by atoms with van der Waals surface area (Å²) in [4.78, 5) is 21.7. The van der Waals surface area contributed by atoms with Gasteiger partial charge in [0.25, 0.3) is 5.56 Å². The zero-order chi connectivity index (χ0) is 17.9. The van der Waals surface area contributed by atoms with Crippen LogP contribution in [0.2, 0.25) is 0 Å². The fraction of sp³-hybridized carbons (Fsp3) is 0.158. The smallest absolute Gasteiger partial charge is 0.291 e. The van der Waals surface area contributed by atoms with Crippen molar-refractivity contribution in [3.05, 3.63) is 69.2 Å². The van der Waals surface area contributed by atoms with Gasteiger partial charge >= 0.3 is 0 Å². The number of nitrogens with zero attached hydrogens (tertiary/aromatic N) is 4. The number of hydrogen-bond acceptors (Lipinski definition) is 6. The maximum Gasteiger partial charge on any atom is 0.291 e. The fourth-order valence-electron chi connectivity index (χ4n) is 2.54. The Labute approximate surface area is 153 Å². The Balaban J connectivity index is 1.77. The molecule has 7 heteroatoms. The summed E-state index contributed by atoms with van der Waals surface area (Å²) in [6.07, 6.45) is 6.11. The Hall–Kier alpha value is -3.06. The lowest BCUT2D eigenvalue weighted by atomic mass is 10.2. The van der Waals surface area contributed by atoms with Crippen molar-refractivity contribution in [3.8, 4) is 17.1 Å². The molecule has 26 heavy (non-hydrogen) atoms. The van der Waals surface area contributed by atoms with Gasteiger partial charge in [0.1, 0.15) is 5.75 Å². The van der Waals surface area contributed by atoms with E-state index in [0.29, 0.717) is 21.9 Å². The quantitative estimate of drug-likeness (QED) is 0.544. The topological polar surface area (TPSA) is 69.4 Å². The van der Waals surface area contributed by atoms with Gasteiger partial charge < -0.3 is 4.74 Å². The van der Waals surface area contributed by atoms with E-state index in [-0.39, 0.29) is 5.56 Å². The Morgan fingerprint density at radius 3 is 2.77 bits per heavy atom. The molecule has 0 radical (unpaired) electrons. The number of fused-ring (bicyclic) bond motifs is 1. The minimum absolute atomic E-state index is 0.178. The Morgan fingerprint density at radius 2 is 2.00 bits per heavy atom. The molecule has 0 saturated carbocycles. The summed E-state index contributed by atoms with van der Waals surface area (Å²) in [6.45, 7) is 2.70. The third-order valence-electron chi connectivity index (χ3n) is 3.79. The molecule has 0 unspecified atom stereocenters. The number of aromatic nitrogens is 4. The highest BCUT2D eigenvalue weighted by Gasteiger charge is 2.12. The minimum Gasteiger partial charge on any atom is -0.493 e. The van der Waals surface area contributed by atoms with Gasteiger partial charge in [-0.1, -0.05) is 36.5 Å². The van der Waals surface area contributed by atoms with Gasteiger partial charge in [-0.25, -0.2) is 0 Å². The molecule has 0 N–H and O–H groups in total. The van der Waals surface area contributed by atoms with Crippen LogP contribution < -0.4 is 14.8 Å². The Kier molecular flexibility index (Phi) is 4.45. The van der Waals surface area contributed by atoms with E-state index in [9.17, 15) is 4.79 Å². The molecular weight excluding hydrogens is 348 g/mol. The first-order valence-electron chi connectivity index (χ1n) is 8.30. The van der Waals surface area contributed by atoms with Crippen LogP contribution in [0.1, 0.15) is 18.9 Å². The van der Waals surface area contributed by atoms with Crippen molar-refractivity contribution < 1.29 is 4.74 Å². The second-order valence-electron chi connectivity index (χ2n) is 5.67. The molecule has 0 aliphatic rings. The lowest BCUT2D eigenvalue weighted by Crippen LogP contribution is -2.23. The van der Waals surface area contributed by atoms with Crippen molar-refractivity contribution in [2.24, 2.45) is 0 Å². The monoisotopic (exact) mass is 364 g/mol. The summed E-state index contributed by atoms with van der Waals surface area (Å²) in [5.41, 5.74) is 1.53. The second-order valence-corrected chi connectivity index (χ2v) is 6.68. The summed E-state index contributed by atoms with van der Waals surface area (Å²) < 4.78 is 7.68. The van der Waals surface area contributed by atoms with Crippen LogP contribution in [0.3, 0.4) is 0 Å². The number of rotatable bonds is 5. The summed E-state index contributed by atoms with van der Waals surface area (Å²) in [7, 11) is 0. The van der Waals surface area contributed by atoms with Gasteiger partial charge in [-0.3, -0.25) is 9.78 Å². The summed E-state index contributed by atoms with van der Waals surface area (Å²) in [5, 5.41) is 4.34. The van der Waals surface area contributed by atoms with Crippen LogP contribution in [-0.4, -0.2) is 26.2 Å². The number of pyridine rings is 1. The maximum atomic E-state index is 12.7. The molecule has 0 atom stereocenters. The van der Waals surface area contributed by atoms with E-state index in [1.807, 2.05) is 42.5 Å². The lowest BCUT2D eigenvalue weighted by molar-refractivity contribution is 0.317. The number of ether oxygens (including phenoxy) is 1. The molecule has 0 amide bonds. The first-order chi connectivity index (χ1) is 12.8. The van der Waals surface area contributed by atoms with Crippen molar-refractivity contribution in [3.63, 3.8) is 0 Å². The van der Waals surface area contributed by atoms with Crippen LogP contribution in [0, 0.1) is 0 Å². The molecule has 0 spiro atoms. The molecule has 130 valence electrons. The number of hydrogen-bond donors (Lipinski definition) is 0. The molecule has 0 bridgehead atoms. The normalized spacial score (nSPS) is 12.0. The third kappa shape index (κ3) is 3.09. The number of benzene rings is 1. The maximum absolute atomic E-state index is 12.7. The van der Waals surface area contributed by atoms with Gasteiger partial charge in [0.15, 0.2) is 5.82 Å². The van der Waals surface area contributed by atoms with Gasteiger partial charge in [0.2, 0.25) is 4.96 Å². The van der Waals surface area contributed by atoms with Crippen LogP contribution in [0.25, 0.3) is 22.4 Å². The SMILES string of the molecule is CCCOc1ccccc1/C=c1\sc2nc(-c3ccncc3)nn2c1=O. The summed E-state index contributed by atoms with van der Waals surface area (Å²) in [5.74, 6) is 1.29. The molecule has 4 aromatic rings. The van der Waals surface area contributed by atoms with E-state index in [0.717, 1.165) is 23.3 Å². The Bertz CT molecular complexity index is 1150. The molecule has 3 aromatic heterocycles. The lowest BCUT2D eigenvalue weighted by Gasteiger charge is -2.07.